The first-order valence-electron chi connectivity index (χ1n) is 7.69. The number of carbonyl (C=O) groups excluding carboxylic acids is 1. The first-order chi connectivity index (χ1) is 12.3. The van der Waals surface area contributed by atoms with E-state index in [1.807, 2.05) is 0 Å². The molecule has 0 radical (unpaired) electrons. The molecule has 0 heterocycles. The predicted molar refractivity (Wildman–Crippen MR) is 99.8 cm³/mol. The Morgan fingerprint density at radius 3 is 2.35 bits per heavy atom. The number of anilines is 1. The molecule has 0 N–H and O–H groups in total. The van der Waals surface area contributed by atoms with Crippen LogP contribution in [0, 0.1) is 5.82 Å². The lowest BCUT2D eigenvalue weighted by Gasteiger charge is -2.21. The molecule has 0 atom stereocenters. The van der Waals surface area contributed by atoms with Crippen LogP contribution in [0.5, 0.6) is 0 Å². The summed E-state index contributed by atoms with van der Waals surface area (Å²) < 4.78 is 44.3. The van der Waals surface area contributed by atoms with Gasteiger partial charge in [-0.25, -0.2) is 12.8 Å². The van der Waals surface area contributed by atoms with Crippen molar-refractivity contribution in [2.75, 3.05) is 17.5 Å². The molecule has 2 aromatic rings. The zero-order valence-electron chi connectivity index (χ0n) is 13.9. The van der Waals surface area contributed by atoms with E-state index in [-0.39, 0.29) is 12.3 Å². The summed E-state index contributed by atoms with van der Waals surface area (Å²) >= 11 is 5.80. The molecule has 0 saturated carbocycles. The highest BCUT2D eigenvalue weighted by Crippen LogP contribution is 2.20. The number of carbonyl (C=O) groups is 1. The van der Waals surface area contributed by atoms with Gasteiger partial charge in [0, 0.05) is 5.02 Å². The number of hydrogen-bond acceptors (Lipinski definition) is 4. The molecule has 2 rings (SSSR count). The van der Waals surface area contributed by atoms with Crippen LogP contribution in [-0.4, -0.2) is 27.5 Å². The van der Waals surface area contributed by atoms with Gasteiger partial charge in [-0.3, -0.25) is 9.10 Å². The van der Waals surface area contributed by atoms with Crippen LogP contribution in [0.4, 0.5) is 10.1 Å². The standard InChI is InChI=1S/C18H17ClFNO4S/c1-2-25-18(22)13-21(17-9-7-16(20)8-10-17)26(23,24)12-11-14-3-5-15(19)6-4-14/h3-12H,2,13H2,1H3. The number of rotatable bonds is 7. The fourth-order valence-electron chi connectivity index (χ4n) is 2.07. The quantitative estimate of drug-likeness (QED) is 0.666. The Labute approximate surface area is 156 Å². The predicted octanol–water partition coefficient (Wildman–Crippen LogP) is 3.85. The summed E-state index contributed by atoms with van der Waals surface area (Å²) in [6.45, 7) is 1.22. The zero-order valence-corrected chi connectivity index (χ0v) is 15.5. The topological polar surface area (TPSA) is 63.7 Å². The third-order valence-electron chi connectivity index (χ3n) is 3.30. The molecule has 8 heteroatoms. The average Bonchev–Trinajstić information content (AvgIpc) is 2.60. The van der Waals surface area contributed by atoms with Gasteiger partial charge in [-0.1, -0.05) is 23.7 Å². The van der Waals surface area contributed by atoms with E-state index in [4.69, 9.17) is 16.3 Å². The van der Waals surface area contributed by atoms with Crippen LogP contribution in [0.25, 0.3) is 6.08 Å². The molecule has 0 bridgehead atoms. The lowest BCUT2D eigenvalue weighted by molar-refractivity contribution is -0.141. The van der Waals surface area contributed by atoms with Crippen LogP contribution >= 0.6 is 11.6 Å². The van der Waals surface area contributed by atoms with Crippen LogP contribution < -0.4 is 4.31 Å². The van der Waals surface area contributed by atoms with Gasteiger partial charge < -0.3 is 4.74 Å². The van der Waals surface area contributed by atoms with Crippen molar-refractivity contribution < 1.29 is 22.3 Å². The number of esters is 1. The fourth-order valence-corrected chi connectivity index (χ4v) is 3.37. The molecule has 0 saturated heterocycles. The van der Waals surface area contributed by atoms with E-state index in [1.165, 1.54) is 18.2 Å². The summed E-state index contributed by atoms with van der Waals surface area (Å²) in [6.07, 6.45) is 1.38. The second-order valence-corrected chi connectivity index (χ2v) is 7.37. The maximum atomic E-state index is 13.1. The largest absolute Gasteiger partial charge is 0.465 e. The van der Waals surface area contributed by atoms with Gasteiger partial charge in [0.05, 0.1) is 17.7 Å². The second-order valence-electron chi connectivity index (χ2n) is 5.19. The van der Waals surface area contributed by atoms with E-state index in [0.29, 0.717) is 10.6 Å². The zero-order chi connectivity index (χ0) is 19.2. The van der Waals surface area contributed by atoms with E-state index in [1.54, 1.807) is 31.2 Å². The van der Waals surface area contributed by atoms with Crippen molar-refractivity contribution in [1.29, 1.82) is 0 Å². The summed E-state index contributed by atoms with van der Waals surface area (Å²) in [5.74, 6) is -1.22. The molecule has 0 spiro atoms. The first-order valence-corrected chi connectivity index (χ1v) is 9.57. The van der Waals surface area contributed by atoms with Crippen molar-refractivity contribution in [3.05, 3.63) is 70.3 Å². The molecule has 138 valence electrons. The molecule has 5 nitrogen and oxygen atoms in total. The minimum Gasteiger partial charge on any atom is -0.465 e. The van der Waals surface area contributed by atoms with Gasteiger partial charge in [-0.2, -0.15) is 0 Å². The normalized spacial score (nSPS) is 11.5. The maximum absolute atomic E-state index is 13.1. The molecule has 0 aliphatic rings. The van der Waals surface area contributed by atoms with Gasteiger partial charge in [0.15, 0.2) is 0 Å². The summed E-state index contributed by atoms with van der Waals surface area (Å²) in [4.78, 5) is 11.8. The van der Waals surface area contributed by atoms with Crippen LogP contribution in [0.1, 0.15) is 12.5 Å². The van der Waals surface area contributed by atoms with E-state index in [2.05, 4.69) is 0 Å². The van der Waals surface area contributed by atoms with Gasteiger partial charge in [-0.15, -0.1) is 0 Å². The SMILES string of the molecule is CCOC(=O)CN(c1ccc(F)cc1)S(=O)(=O)C=Cc1ccc(Cl)cc1. The Kier molecular flexibility index (Phi) is 6.76. The lowest BCUT2D eigenvalue weighted by Crippen LogP contribution is -2.35. The highest BCUT2D eigenvalue weighted by atomic mass is 35.5. The van der Waals surface area contributed by atoms with E-state index >= 15 is 0 Å². The van der Waals surface area contributed by atoms with Crippen molar-refractivity contribution in [3.63, 3.8) is 0 Å². The van der Waals surface area contributed by atoms with E-state index < -0.39 is 28.4 Å². The molecule has 0 aliphatic carbocycles. The van der Waals surface area contributed by atoms with Crippen LogP contribution in [0.3, 0.4) is 0 Å². The molecule has 0 aromatic heterocycles. The minimum absolute atomic E-state index is 0.122. The van der Waals surface area contributed by atoms with Crippen molar-refractivity contribution >= 4 is 39.4 Å². The number of benzene rings is 2. The first kappa shape index (κ1) is 19.9. The Bertz CT molecular complexity index is 880. The fraction of sp³-hybridized carbons (Fsp3) is 0.167. The van der Waals surface area contributed by atoms with Crippen LogP contribution in [0.15, 0.2) is 53.9 Å². The van der Waals surface area contributed by atoms with Crippen molar-refractivity contribution in [3.8, 4) is 0 Å². The Balaban J connectivity index is 2.33. The van der Waals surface area contributed by atoms with Crippen LogP contribution in [0.2, 0.25) is 5.02 Å². The summed E-state index contributed by atoms with van der Waals surface area (Å²) in [6, 6.07) is 11.4. The van der Waals surface area contributed by atoms with Crippen LogP contribution in [-0.2, 0) is 19.6 Å². The van der Waals surface area contributed by atoms with Crippen molar-refractivity contribution in [2.45, 2.75) is 6.92 Å². The van der Waals surface area contributed by atoms with Crippen molar-refractivity contribution in [1.82, 2.24) is 0 Å². The molecule has 0 aliphatic heterocycles. The number of nitrogens with zero attached hydrogens (tertiary/aromatic N) is 1. The molecule has 0 amide bonds. The number of halogens is 2. The third-order valence-corrected chi connectivity index (χ3v) is 4.99. The van der Waals surface area contributed by atoms with Gasteiger partial charge in [0.1, 0.15) is 12.4 Å². The van der Waals surface area contributed by atoms with Gasteiger partial charge in [0.25, 0.3) is 10.0 Å². The summed E-state index contributed by atoms with van der Waals surface area (Å²) in [7, 11) is -4.01. The van der Waals surface area contributed by atoms with Gasteiger partial charge in [0.2, 0.25) is 0 Å². The average molecular weight is 398 g/mol. The third kappa shape index (κ3) is 5.57. The molecular weight excluding hydrogens is 381 g/mol. The van der Waals surface area contributed by atoms with Crippen molar-refractivity contribution in [2.24, 2.45) is 0 Å². The molecule has 0 fully saturated rings. The monoisotopic (exact) mass is 397 g/mol. The lowest BCUT2D eigenvalue weighted by atomic mass is 10.2. The number of ether oxygens (including phenoxy) is 1. The smallest absolute Gasteiger partial charge is 0.326 e. The molecule has 2 aromatic carbocycles. The Hall–Kier alpha value is -2.38. The molecule has 0 unspecified atom stereocenters. The summed E-state index contributed by atoms with van der Waals surface area (Å²) in [5.41, 5.74) is 0.772. The maximum Gasteiger partial charge on any atom is 0.326 e. The van der Waals surface area contributed by atoms with Gasteiger partial charge >= 0.3 is 5.97 Å². The summed E-state index contributed by atoms with van der Waals surface area (Å²) in [5, 5.41) is 1.50. The Morgan fingerprint density at radius 1 is 1.15 bits per heavy atom. The van der Waals surface area contributed by atoms with Gasteiger partial charge in [-0.05, 0) is 55.0 Å². The molecule has 26 heavy (non-hydrogen) atoms. The number of sulfonamides is 1. The number of hydrogen-bond donors (Lipinski definition) is 0. The van der Waals surface area contributed by atoms with E-state index in [0.717, 1.165) is 21.8 Å². The highest BCUT2D eigenvalue weighted by Gasteiger charge is 2.23. The minimum atomic E-state index is -4.01. The highest BCUT2D eigenvalue weighted by molar-refractivity contribution is 7.95. The molecular formula is C18H17ClFNO4S. The van der Waals surface area contributed by atoms with E-state index in [9.17, 15) is 17.6 Å². The Morgan fingerprint density at radius 2 is 1.77 bits per heavy atom. The second kappa shape index (κ2) is 8.82.